The number of likely N-dealkylation sites (N-methyl/N-ethyl adjacent to an activating group) is 1. The van der Waals surface area contributed by atoms with Gasteiger partial charge in [0.1, 0.15) is 34.9 Å². The number of carbonyl (C=O) groups excluding carboxylic acids is 1. The van der Waals surface area contributed by atoms with Gasteiger partial charge in [-0.25, -0.2) is 9.18 Å². The van der Waals surface area contributed by atoms with E-state index in [1.54, 1.807) is 43.4 Å². The number of carboxylic acid groups (broad SMARTS) is 1. The first kappa shape index (κ1) is 20.4. The van der Waals surface area contributed by atoms with Gasteiger partial charge >= 0.3 is 5.97 Å². The van der Waals surface area contributed by atoms with Gasteiger partial charge in [-0.15, -0.1) is 0 Å². The Labute approximate surface area is 178 Å². The summed E-state index contributed by atoms with van der Waals surface area (Å²) in [6, 6.07) is 16.1. The summed E-state index contributed by atoms with van der Waals surface area (Å²) in [4.78, 5) is 24.4. The SMILES string of the molecule is CNC(=O)C1c2cc(-c3cccc(C(=O)O)c3OC)ccc2OC1c1ccc(F)cc1. The van der Waals surface area contributed by atoms with Crippen molar-refractivity contribution in [3.8, 4) is 22.6 Å². The van der Waals surface area contributed by atoms with E-state index in [2.05, 4.69) is 5.32 Å². The van der Waals surface area contributed by atoms with Gasteiger partial charge in [0.2, 0.25) is 5.91 Å². The topological polar surface area (TPSA) is 84.9 Å². The Balaban J connectivity index is 1.82. The van der Waals surface area contributed by atoms with Crippen LogP contribution in [-0.4, -0.2) is 31.1 Å². The fourth-order valence-corrected chi connectivity index (χ4v) is 3.93. The molecule has 0 saturated carbocycles. The van der Waals surface area contributed by atoms with E-state index in [1.807, 2.05) is 6.07 Å². The van der Waals surface area contributed by atoms with Crippen LogP contribution in [0, 0.1) is 5.82 Å². The minimum absolute atomic E-state index is 0.0452. The summed E-state index contributed by atoms with van der Waals surface area (Å²) < 4.78 is 24.8. The molecule has 2 N–H and O–H groups in total. The Kier molecular flexibility index (Phi) is 5.33. The summed E-state index contributed by atoms with van der Waals surface area (Å²) in [5.41, 5.74) is 2.66. The van der Waals surface area contributed by atoms with Crippen molar-refractivity contribution in [2.45, 2.75) is 12.0 Å². The van der Waals surface area contributed by atoms with Gasteiger partial charge < -0.3 is 19.9 Å². The van der Waals surface area contributed by atoms with E-state index in [4.69, 9.17) is 9.47 Å². The number of para-hydroxylation sites is 1. The average molecular weight is 421 g/mol. The van der Waals surface area contributed by atoms with E-state index in [1.165, 1.54) is 25.3 Å². The number of fused-ring (bicyclic) bond motifs is 1. The molecule has 1 amide bonds. The number of rotatable bonds is 5. The van der Waals surface area contributed by atoms with Crippen LogP contribution in [0.15, 0.2) is 60.7 Å². The van der Waals surface area contributed by atoms with E-state index in [-0.39, 0.29) is 23.0 Å². The third-order valence-corrected chi connectivity index (χ3v) is 5.39. The van der Waals surface area contributed by atoms with E-state index in [0.717, 1.165) is 0 Å². The molecule has 1 aliphatic rings. The van der Waals surface area contributed by atoms with Gasteiger partial charge in [-0.3, -0.25) is 4.79 Å². The minimum atomic E-state index is -1.09. The molecule has 0 saturated heterocycles. The highest BCUT2D eigenvalue weighted by molar-refractivity contribution is 5.95. The van der Waals surface area contributed by atoms with Gasteiger partial charge in [-0.05, 0) is 41.5 Å². The monoisotopic (exact) mass is 421 g/mol. The van der Waals surface area contributed by atoms with Crippen molar-refractivity contribution in [2.75, 3.05) is 14.2 Å². The number of hydrogen-bond acceptors (Lipinski definition) is 4. The summed E-state index contributed by atoms with van der Waals surface area (Å²) in [5.74, 6) is -1.58. The third-order valence-electron chi connectivity index (χ3n) is 5.39. The van der Waals surface area contributed by atoms with Gasteiger partial charge in [0.05, 0.1) is 7.11 Å². The van der Waals surface area contributed by atoms with Crippen molar-refractivity contribution < 1.29 is 28.6 Å². The van der Waals surface area contributed by atoms with Crippen molar-refractivity contribution in [3.05, 3.63) is 83.2 Å². The smallest absolute Gasteiger partial charge is 0.339 e. The maximum atomic E-state index is 13.4. The number of halogens is 1. The molecule has 3 aromatic rings. The highest BCUT2D eigenvalue weighted by atomic mass is 19.1. The second-order valence-electron chi connectivity index (χ2n) is 7.13. The quantitative estimate of drug-likeness (QED) is 0.646. The minimum Gasteiger partial charge on any atom is -0.495 e. The lowest BCUT2D eigenvalue weighted by atomic mass is 9.88. The molecule has 6 nitrogen and oxygen atoms in total. The predicted octanol–water partition coefficient (Wildman–Crippen LogP) is 4.16. The number of carbonyl (C=O) groups is 2. The Morgan fingerprint density at radius 3 is 2.48 bits per heavy atom. The van der Waals surface area contributed by atoms with Crippen LogP contribution in [0.3, 0.4) is 0 Å². The molecule has 2 atom stereocenters. The molecular weight excluding hydrogens is 401 g/mol. The first-order valence-electron chi connectivity index (χ1n) is 9.63. The van der Waals surface area contributed by atoms with Crippen molar-refractivity contribution >= 4 is 11.9 Å². The largest absolute Gasteiger partial charge is 0.495 e. The zero-order chi connectivity index (χ0) is 22.1. The van der Waals surface area contributed by atoms with Crippen LogP contribution in [0.5, 0.6) is 11.5 Å². The maximum Gasteiger partial charge on any atom is 0.339 e. The van der Waals surface area contributed by atoms with E-state index >= 15 is 0 Å². The second-order valence-corrected chi connectivity index (χ2v) is 7.13. The number of amides is 1. The summed E-state index contributed by atoms with van der Waals surface area (Å²) in [6.07, 6.45) is -0.613. The number of carboxylic acids is 1. The van der Waals surface area contributed by atoms with Gasteiger partial charge in [-0.2, -0.15) is 0 Å². The van der Waals surface area contributed by atoms with Crippen LogP contribution in [0.2, 0.25) is 0 Å². The first-order valence-corrected chi connectivity index (χ1v) is 9.63. The van der Waals surface area contributed by atoms with Crippen molar-refractivity contribution in [3.63, 3.8) is 0 Å². The first-order chi connectivity index (χ1) is 14.9. The van der Waals surface area contributed by atoms with Crippen LogP contribution in [0.1, 0.15) is 33.5 Å². The average Bonchev–Trinajstić information content (AvgIpc) is 3.17. The molecule has 0 spiro atoms. The van der Waals surface area contributed by atoms with Crippen LogP contribution >= 0.6 is 0 Å². The van der Waals surface area contributed by atoms with E-state index < -0.39 is 18.0 Å². The fraction of sp³-hybridized carbons (Fsp3) is 0.167. The van der Waals surface area contributed by atoms with Gasteiger partial charge in [0.15, 0.2) is 0 Å². The number of aromatic carboxylic acids is 1. The molecule has 1 heterocycles. The Morgan fingerprint density at radius 2 is 1.84 bits per heavy atom. The number of ether oxygens (including phenoxy) is 2. The lowest BCUT2D eigenvalue weighted by molar-refractivity contribution is -0.123. The summed E-state index contributed by atoms with van der Waals surface area (Å²) in [7, 11) is 2.96. The maximum absolute atomic E-state index is 13.4. The zero-order valence-electron chi connectivity index (χ0n) is 16.9. The molecule has 0 radical (unpaired) electrons. The molecule has 0 bridgehead atoms. The molecule has 0 fully saturated rings. The number of nitrogens with one attached hydrogen (secondary N) is 1. The number of benzene rings is 3. The zero-order valence-corrected chi connectivity index (χ0v) is 16.9. The van der Waals surface area contributed by atoms with Gasteiger partial charge in [0.25, 0.3) is 0 Å². The molecule has 0 aromatic heterocycles. The van der Waals surface area contributed by atoms with Crippen LogP contribution in [-0.2, 0) is 4.79 Å². The van der Waals surface area contributed by atoms with Crippen LogP contribution in [0.25, 0.3) is 11.1 Å². The highest BCUT2D eigenvalue weighted by Gasteiger charge is 2.40. The van der Waals surface area contributed by atoms with E-state index in [0.29, 0.717) is 28.0 Å². The molecule has 1 aliphatic heterocycles. The summed E-state index contributed by atoms with van der Waals surface area (Å²) >= 11 is 0. The molecule has 2 unspecified atom stereocenters. The molecule has 0 aliphatic carbocycles. The van der Waals surface area contributed by atoms with Crippen molar-refractivity contribution in [1.29, 1.82) is 0 Å². The molecule has 31 heavy (non-hydrogen) atoms. The lowest BCUT2D eigenvalue weighted by Gasteiger charge is -2.18. The van der Waals surface area contributed by atoms with Gasteiger partial charge in [-0.1, -0.05) is 30.3 Å². The van der Waals surface area contributed by atoms with Crippen LogP contribution < -0.4 is 14.8 Å². The Bertz CT molecular complexity index is 1160. The Morgan fingerprint density at radius 1 is 1.10 bits per heavy atom. The highest BCUT2D eigenvalue weighted by Crippen LogP contribution is 2.48. The van der Waals surface area contributed by atoms with E-state index in [9.17, 15) is 19.1 Å². The van der Waals surface area contributed by atoms with Crippen molar-refractivity contribution in [2.24, 2.45) is 0 Å². The third kappa shape index (κ3) is 3.59. The molecule has 3 aromatic carbocycles. The second kappa shape index (κ2) is 8.10. The standard InChI is InChI=1S/C24H20FNO5/c1-26-23(27)20-18-12-14(16-4-3-5-17(24(28)29)22(16)30-2)8-11-19(18)31-21(20)13-6-9-15(25)10-7-13/h3-12,20-21H,1-2H3,(H,26,27)(H,28,29). The number of methoxy groups -OCH3 is 1. The molecular formula is C24H20FNO5. The normalized spacial score (nSPS) is 16.9. The summed E-state index contributed by atoms with van der Waals surface area (Å²) in [5, 5.41) is 12.1. The lowest BCUT2D eigenvalue weighted by Crippen LogP contribution is -2.28. The fourth-order valence-electron chi connectivity index (χ4n) is 3.93. The summed E-state index contributed by atoms with van der Waals surface area (Å²) in [6.45, 7) is 0. The predicted molar refractivity (Wildman–Crippen MR) is 112 cm³/mol. The molecule has 158 valence electrons. The number of hydrogen-bond donors (Lipinski definition) is 2. The molecule has 4 rings (SSSR count). The van der Waals surface area contributed by atoms with Crippen LogP contribution in [0.4, 0.5) is 4.39 Å². The van der Waals surface area contributed by atoms with Crippen molar-refractivity contribution in [1.82, 2.24) is 5.32 Å². The van der Waals surface area contributed by atoms with Gasteiger partial charge in [0, 0.05) is 18.2 Å². The Hall–Kier alpha value is -3.87. The molecule has 7 heteroatoms.